The van der Waals surface area contributed by atoms with Crippen molar-refractivity contribution in [2.24, 2.45) is 0 Å². The Balaban J connectivity index is 0.000000587. The number of carboxylic acids is 1. The molecule has 2 N–H and O–H groups in total. The van der Waals surface area contributed by atoms with E-state index in [0.717, 1.165) is 51.1 Å². The van der Waals surface area contributed by atoms with Gasteiger partial charge in [0.05, 0.1) is 4.90 Å². The monoisotopic (exact) mass is 598 g/mol. The van der Waals surface area contributed by atoms with Crippen LogP contribution in [0.3, 0.4) is 0 Å². The Bertz CT molecular complexity index is 1250. The molecular formula is C28H37F3N4O5S. The molecule has 13 heteroatoms. The Morgan fingerprint density at radius 3 is 2.17 bits per heavy atom. The Labute approximate surface area is 239 Å². The molecule has 0 unspecified atom stereocenters. The molecule has 1 amide bonds. The Hall–Kier alpha value is -3.00. The second-order valence-electron chi connectivity index (χ2n) is 10.1. The van der Waals surface area contributed by atoms with Crippen LogP contribution in [0, 0.1) is 6.92 Å². The minimum atomic E-state index is -5.08. The van der Waals surface area contributed by atoms with E-state index >= 15 is 0 Å². The van der Waals surface area contributed by atoms with Crippen molar-refractivity contribution < 1.29 is 36.3 Å². The maximum Gasteiger partial charge on any atom is 0.490 e. The van der Waals surface area contributed by atoms with Crippen LogP contribution in [-0.2, 0) is 26.2 Å². The third kappa shape index (κ3) is 9.80. The maximum absolute atomic E-state index is 13.7. The predicted molar refractivity (Wildman–Crippen MR) is 148 cm³/mol. The van der Waals surface area contributed by atoms with Crippen LogP contribution in [0.4, 0.5) is 13.2 Å². The topological polar surface area (TPSA) is 110 Å². The number of carbonyl (C=O) groups is 2. The molecule has 9 nitrogen and oxygen atoms in total. The van der Waals surface area contributed by atoms with Gasteiger partial charge in [-0.2, -0.15) is 17.5 Å². The van der Waals surface area contributed by atoms with Crippen molar-refractivity contribution >= 4 is 21.9 Å². The van der Waals surface area contributed by atoms with E-state index < -0.39 is 22.2 Å². The van der Waals surface area contributed by atoms with Crippen molar-refractivity contribution in [3.8, 4) is 0 Å². The number of piperidine rings is 1. The maximum atomic E-state index is 13.7. The third-order valence-corrected chi connectivity index (χ3v) is 9.02. The average molecular weight is 599 g/mol. The number of benzene rings is 2. The van der Waals surface area contributed by atoms with Crippen LogP contribution in [0.25, 0.3) is 0 Å². The summed E-state index contributed by atoms with van der Waals surface area (Å²) in [5, 5.41) is 10.4. The van der Waals surface area contributed by atoms with Crippen molar-refractivity contribution in [1.82, 2.24) is 19.4 Å². The second kappa shape index (κ2) is 14.8. The lowest BCUT2D eigenvalue weighted by Gasteiger charge is -2.38. The van der Waals surface area contributed by atoms with Crippen molar-refractivity contribution in [2.45, 2.75) is 49.8 Å². The van der Waals surface area contributed by atoms with Gasteiger partial charge in [0.15, 0.2) is 0 Å². The molecule has 0 radical (unpaired) electrons. The molecule has 0 aliphatic carbocycles. The van der Waals surface area contributed by atoms with Crippen molar-refractivity contribution in [1.29, 1.82) is 0 Å². The van der Waals surface area contributed by atoms with E-state index in [2.05, 4.69) is 22.3 Å². The van der Waals surface area contributed by atoms with Gasteiger partial charge in [-0.3, -0.25) is 9.69 Å². The molecule has 0 saturated carbocycles. The minimum absolute atomic E-state index is 0.0347. The van der Waals surface area contributed by atoms with Crippen LogP contribution >= 0.6 is 0 Å². The zero-order valence-corrected chi connectivity index (χ0v) is 23.8. The molecule has 4 rings (SSSR count). The number of aryl methyl sites for hydroxylation is 1. The molecule has 2 heterocycles. The van der Waals surface area contributed by atoms with E-state index in [1.165, 1.54) is 5.56 Å². The Morgan fingerprint density at radius 2 is 1.61 bits per heavy atom. The highest BCUT2D eigenvalue weighted by Crippen LogP contribution is 2.26. The molecular weight excluding hydrogens is 561 g/mol. The van der Waals surface area contributed by atoms with E-state index in [0.29, 0.717) is 18.0 Å². The number of alkyl halides is 3. The molecule has 2 aliphatic heterocycles. The zero-order chi connectivity index (χ0) is 30.0. The van der Waals surface area contributed by atoms with Gasteiger partial charge in [0.1, 0.15) is 0 Å². The first-order valence-electron chi connectivity index (χ1n) is 13.5. The largest absolute Gasteiger partial charge is 0.490 e. The van der Waals surface area contributed by atoms with Gasteiger partial charge in [-0.25, -0.2) is 13.2 Å². The Morgan fingerprint density at radius 1 is 1.00 bits per heavy atom. The molecule has 2 aromatic carbocycles. The first-order chi connectivity index (χ1) is 19.4. The number of aliphatic carboxylic acids is 1. The van der Waals surface area contributed by atoms with E-state index in [1.807, 2.05) is 36.1 Å². The summed E-state index contributed by atoms with van der Waals surface area (Å²) in [6.45, 7) is 7.62. The second-order valence-corrected chi connectivity index (χ2v) is 12.0. The molecule has 2 fully saturated rings. The summed E-state index contributed by atoms with van der Waals surface area (Å²) in [5.41, 5.74) is 2.18. The fraction of sp³-hybridized carbons (Fsp3) is 0.500. The van der Waals surface area contributed by atoms with Gasteiger partial charge in [0.25, 0.3) is 0 Å². The van der Waals surface area contributed by atoms with Gasteiger partial charge >= 0.3 is 12.1 Å². The standard InChI is InChI=1S/C26H36N4O3S.C2HF3O2/c1-22-6-5-9-25(20-22)34(32,33)30(17-12-26(31)29-18-13-27-14-19-29)24-10-15-28(16-11-24)21-23-7-3-2-4-8-23;3-2(4,5)1(6)7/h2-9,20,24,27H,10-19,21H2,1H3;(H,6,7). The fourth-order valence-corrected chi connectivity index (χ4v) is 6.69. The van der Waals surface area contributed by atoms with Crippen LogP contribution in [0.5, 0.6) is 0 Å². The molecule has 226 valence electrons. The van der Waals surface area contributed by atoms with Crippen LogP contribution in [0.15, 0.2) is 59.5 Å². The van der Waals surface area contributed by atoms with Crippen molar-refractivity contribution in [3.05, 3.63) is 65.7 Å². The quantitative estimate of drug-likeness (QED) is 0.481. The van der Waals surface area contributed by atoms with Gasteiger partial charge < -0.3 is 15.3 Å². The highest BCUT2D eigenvalue weighted by atomic mass is 32.2. The highest BCUT2D eigenvalue weighted by molar-refractivity contribution is 7.89. The number of carbonyl (C=O) groups excluding carboxylic acids is 1. The number of sulfonamides is 1. The van der Waals surface area contributed by atoms with Gasteiger partial charge in [-0.1, -0.05) is 42.5 Å². The van der Waals surface area contributed by atoms with Crippen LogP contribution in [-0.4, -0.2) is 97.5 Å². The average Bonchev–Trinajstić information content (AvgIpc) is 2.94. The number of nitrogens with zero attached hydrogens (tertiary/aromatic N) is 3. The summed E-state index contributed by atoms with van der Waals surface area (Å²) in [7, 11) is -3.69. The van der Waals surface area contributed by atoms with E-state index in [-0.39, 0.29) is 24.9 Å². The zero-order valence-electron chi connectivity index (χ0n) is 23.0. The van der Waals surface area contributed by atoms with E-state index in [4.69, 9.17) is 9.90 Å². The summed E-state index contributed by atoms with van der Waals surface area (Å²) in [6, 6.07) is 17.3. The number of piperazine rings is 1. The number of halogens is 3. The summed E-state index contributed by atoms with van der Waals surface area (Å²) >= 11 is 0. The lowest BCUT2D eigenvalue weighted by molar-refractivity contribution is -0.192. The number of hydrogen-bond acceptors (Lipinski definition) is 6. The number of rotatable bonds is 8. The predicted octanol–water partition coefficient (Wildman–Crippen LogP) is 3.11. The smallest absolute Gasteiger partial charge is 0.475 e. The number of carboxylic acid groups (broad SMARTS) is 1. The minimum Gasteiger partial charge on any atom is -0.475 e. The fourth-order valence-electron chi connectivity index (χ4n) is 4.90. The Kier molecular flexibility index (Phi) is 11.7. The number of hydrogen-bond donors (Lipinski definition) is 2. The van der Waals surface area contributed by atoms with Crippen LogP contribution in [0.1, 0.15) is 30.4 Å². The summed E-state index contributed by atoms with van der Waals surface area (Å²) in [4.78, 5) is 26.3. The SMILES string of the molecule is Cc1cccc(S(=O)(=O)N(CCC(=O)N2CCNCC2)C2CCN(Cc3ccccc3)CC2)c1.O=C(O)C(F)(F)F. The first kappa shape index (κ1) is 32.5. The molecule has 2 aliphatic rings. The lowest BCUT2D eigenvalue weighted by atomic mass is 10.0. The van der Waals surface area contributed by atoms with Crippen molar-refractivity contribution in [2.75, 3.05) is 45.8 Å². The normalized spacial score (nSPS) is 17.1. The molecule has 2 aromatic rings. The van der Waals surface area contributed by atoms with Crippen LogP contribution < -0.4 is 5.32 Å². The van der Waals surface area contributed by atoms with Gasteiger partial charge in [-0.15, -0.1) is 0 Å². The summed E-state index contributed by atoms with van der Waals surface area (Å²) < 4.78 is 60.8. The summed E-state index contributed by atoms with van der Waals surface area (Å²) in [6.07, 6.45) is -3.34. The molecule has 2 saturated heterocycles. The van der Waals surface area contributed by atoms with E-state index in [1.54, 1.807) is 22.5 Å². The molecule has 0 bridgehead atoms. The van der Waals surface area contributed by atoms with Gasteiger partial charge in [-0.05, 0) is 43.0 Å². The number of likely N-dealkylation sites (tertiary alicyclic amines) is 1. The van der Waals surface area contributed by atoms with Crippen molar-refractivity contribution in [3.63, 3.8) is 0 Å². The van der Waals surface area contributed by atoms with E-state index in [9.17, 15) is 26.4 Å². The molecule has 0 spiro atoms. The van der Waals surface area contributed by atoms with Crippen LogP contribution in [0.2, 0.25) is 0 Å². The van der Waals surface area contributed by atoms with Gasteiger partial charge in [0, 0.05) is 64.8 Å². The third-order valence-electron chi connectivity index (χ3n) is 7.07. The molecule has 0 aromatic heterocycles. The molecule has 0 atom stereocenters. The lowest BCUT2D eigenvalue weighted by Crippen LogP contribution is -2.50. The number of nitrogens with one attached hydrogen (secondary N) is 1. The first-order valence-corrected chi connectivity index (χ1v) is 15.0. The summed E-state index contributed by atoms with van der Waals surface area (Å²) in [5.74, 6) is -2.72. The van der Waals surface area contributed by atoms with Gasteiger partial charge in [0.2, 0.25) is 15.9 Å². The number of amides is 1. The highest BCUT2D eigenvalue weighted by Gasteiger charge is 2.38. The molecule has 41 heavy (non-hydrogen) atoms.